The van der Waals surface area contributed by atoms with Crippen LogP contribution in [0, 0.1) is 11.3 Å². The van der Waals surface area contributed by atoms with E-state index in [2.05, 4.69) is 10.6 Å². The number of nitrogens with one attached hydrogen (secondary N) is 2. The van der Waals surface area contributed by atoms with Gasteiger partial charge in [-0.3, -0.25) is 0 Å². The van der Waals surface area contributed by atoms with Gasteiger partial charge in [-0.1, -0.05) is 34.6 Å². The summed E-state index contributed by atoms with van der Waals surface area (Å²) in [6.45, 7) is 9.39. The van der Waals surface area contributed by atoms with Crippen molar-refractivity contribution < 1.29 is 14.7 Å². The summed E-state index contributed by atoms with van der Waals surface area (Å²) in [7, 11) is 0. The number of anilines is 1. The monoisotopic (exact) mass is 352 g/mol. The first kappa shape index (κ1) is 20.4. The number of hydrogen-bond acceptors (Lipinski definition) is 3. The Labute approximate surface area is 148 Å². The number of hydrogen-bond donors (Lipinski definition) is 3. The highest BCUT2D eigenvalue weighted by molar-refractivity contribution is 7.98. The van der Waals surface area contributed by atoms with Crippen LogP contribution in [0.15, 0.2) is 29.2 Å². The third kappa shape index (κ3) is 4.90. The number of rotatable bonds is 6. The van der Waals surface area contributed by atoms with Gasteiger partial charge < -0.3 is 15.7 Å². The summed E-state index contributed by atoms with van der Waals surface area (Å²) in [5.41, 5.74) is -1.35. The number of urea groups is 1. The minimum absolute atomic E-state index is 0.126. The fraction of sp³-hybridized carbons (Fsp3) is 0.556. The van der Waals surface area contributed by atoms with E-state index in [1.54, 1.807) is 23.9 Å². The zero-order valence-corrected chi connectivity index (χ0v) is 16.1. The van der Waals surface area contributed by atoms with Crippen molar-refractivity contribution in [2.24, 2.45) is 11.3 Å². The first-order valence-electron chi connectivity index (χ1n) is 7.98. The van der Waals surface area contributed by atoms with E-state index in [0.717, 1.165) is 4.90 Å². The topological polar surface area (TPSA) is 78.4 Å². The quantitative estimate of drug-likeness (QED) is 0.661. The molecule has 0 saturated carbocycles. The molecule has 0 aliphatic carbocycles. The lowest BCUT2D eigenvalue weighted by atomic mass is 9.69. The van der Waals surface area contributed by atoms with Crippen molar-refractivity contribution in [2.75, 3.05) is 11.6 Å². The normalized spacial score (nSPS) is 14.1. The Hall–Kier alpha value is -1.69. The Morgan fingerprint density at radius 3 is 2.08 bits per heavy atom. The van der Waals surface area contributed by atoms with E-state index in [1.807, 2.05) is 53.0 Å². The number of carboxylic acid groups (broad SMARTS) is 1. The molecule has 0 fully saturated rings. The SMILES string of the molecule is CSc1ccc(NC(=O)N[C@](CC(C)C)(C(=O)O)C(C)(C)C)cc1. The van der Waals surface area contributed by atoms with Crippen molar-refractivity contribution in [3.05, 3.63) is 24.3 Å². The lowest BCUT2D eigenvalue weighted by Gasteiger charge is -2.42. The number of amides is 2. The highest BCUT2D eigenvalue weighted by Gasteiger charge is 2.50. The lowest BCUT2D eigenvalue weighted by Crippen LogP contribution is -2.63. The number of carbonyl (C=O) groups is 2. The maximum absolute atomic E-state index is 12.4. The summed E-state index contributed by atoms with van der Waals surface area (Å²) in [5.74, 6) is -0.891. The molecule has 1 aromatic carbocycles. The van der Waals surface area contributed by atoms with Crippen LogP contribution in [-0.2, 0) is 4.79 Å². The van der Waals surface area contributed by atoms with Crippen molar-refractivity contribution in [3.63, 3.8) is 0 Å². The van der Waals surface area contributed by atoms with Crippen LogP contribution < -0.4 is 10.6 Å². The van der Waals surface area contributed by atoms with Crippen molar-refractivity contribution in [1.29, 1.82) is 0 Å². The second-order valence-electron chi connectivity index (χ2n) is 7.37. The molecule has 6 heteroatoms. The molecule has 0 unspecified atom stereocenters. The molecule has 24 heavy (non-hydrogen) atoms. The van der Waals surface area contributed by atoms with Gasteiger partial charge in [-0.05, 0) is 48.3 Å². The summed E-state index contributed by atoms with van der Waals surface area (Å²) in [5, 5.41) is 15.3. The van der Waals surface area contributed by atoms with Gasteiger partial charge in [-0.15, -0.1) is 11.8 Å². The van der Waals surface area contributed by atoms with E-state index in [4.69, 9.17) is 0 Å². The third-order valence-electron chi connectivity index (χ3n) is 4.03. The zero-order valence-electron chi connectivity index (χ0n) is 15.3. The predicted octanol–water partition coefficient (Wildman–Crippen LogP) is 4.45. The fourth-order valence-electron chi connectivity index (χ4n) is 2.65. The molecule has 0 aliphatic rings. The highest BCUT2D eigenvalue weighted by atomic mass is 32.2. The number of carbonyl (C=O) groups excluding carboxylic acids is 1. The number of aliphatic carboxylic acids is 1. The molecule has 0 aromatic heterocycles. The molecule has 1 atom stereocenters. The Bertz CT molecular complexity index is 579. The summed E-state index contributed by atoms with van der Waals surface area (Å²) in [6.07, 6.45) is 2.33. The third-order valence-corrected chi connectivity index (χ3v) is 4.78. The van der Waals surface area contributed by atoms with Gasteiger partial charge in [0.05, 0.1) is 0 Å². The van der Waals surface area contributed by atoms with Gasteiger partial charge in [0.1, 0.15) is 5.54 Å². The molecular weight excluding hydrogens is 324 g/mol. The maximum Gasteiger partial charge on any atom is 0.330 e. The summed E-state index contributed by atoms with van der Waals surface area (Å²) in [4.78, 5) is 25.5. The Balaban J connectivity index is 3.00. The van der Waals surface area contributed by atoms with E-state index < -0.39 is 23.0 Å². The fourth-order valence-corrected chi connectivity index (χ4v) is 3.06. The molecule has 0 aliphatic heterocycles. The van der Waals surface area contributed by atoms with E-state index in [-0.39, 0.29) is 5.92 Å². The van der Waals surface area contributed by atoms with Crippen LogP contribution in [0.1, 0.15) is 41.0 Å². The van der Waals surface area contributed by atoms with Gasteiger partial charge in [-0.2, -0.15) is 0 Å². The van der Waals surface area contributed by atoms with E-state index in [1.165, 1.54) is 0 Å². The Morgan fingerprint density at radius 1 is 1.17 bits per heavy atom. The van der Waals surface area contributed by atoms with Crippen molar-refractivity contribution in [2.45, 2.75) is 51.5 Å². The molecule has 0 heterocycles. The molecule has 0 spiro atoms. The average Bonchev–Trinajstić information content (AvgIpc) is 2.45. The van der Waals surface area contributed by atoms with Gasteiger partial charge in [0, 0.05) is 10.6 Å². The summed E-state index contributed by atoms with van der Waals surface area (Å²) in [6, 6.07) is 6.90. The van der Waals surface area contributed by atoms with Crippen LogP contribution in [0.2, 0.25) is 0 Å². The Kier molecular flexibility index (Phi) is 6.72. The van der Waals surface area contributed by atoms with Gasteiger partial charge >= 0.3 is 12.0 Å². The standard InChI is InChI=1S/C18H28N2O3S/c1-12(2)11-18(15(21)22,17(3,4)5)20-16(23)19-13-7-9-14(24-6)10-8-13/h7-10,12H,11H2,1-6H3,(H,21,22)(H2,19,20,23)/t18-/m1/s1. The lowest BCUT2D eigenvalue weighted by molar-refractivity contribution is -0.150. The van der Waals surface area contributed by atoms with Crippen LogP contribution in [0.5, 0.6) is 0 Å². The smallest absolute Gasteiger partial charge is 0.330 e. The van der Waals surface area contributed by atoms with Crippen LogP contribution in [0.3, 0.4) is 0 Å². The second-order valence-corrected chi connectivity index (χ2v) is 8.25. The van der Waals surface area contributed by atoms with E-state index in [9.17, 15) is 14.7 Å². The largest absolute Gasteiger partial charge is 0.479 e. The molecule has 1 rings (SSSR count). The number of thioether (sulfide) groups is 1. The van der Waals surface area contributed by atoms with Crippen LogP contribution >= 0.6 is 11.8 Å². The Morgan fingerprint density at radius 2 is 1.71 bits per heavy atom. The molecule has 0 saturated heterocycles. The zero-order chi connectivity index (χ0) is 18.5. The van der Waals surface area contributed by atoms with Crippen LogP contribution in [0.4, 0.5) is 10.5 Å². The number of carboxylic acids is 1. The summed E-state index contributed by atoms with van der Waals surface area (Å²) >= 11 is 1.61. The van der Waals surface area contributed by atoms with Crippen LogP contribution in [-0.4, -0.2) is 28.9 Å². The molecule has 0 radical (unpaired) electrons. The highest BCUT2D eigenvalue weighted by Crippen LogP contribution is 2.36. The molecule has 1 aromatic rings. The molecule has 5 nitrogen and oxygen atoms in total. The van der Waals surface area contributed by atoms with Gasteiger partial charge in [-0.25, -0.2) is 9.59 Å². The van der Waals surface area contributed by atoms with Gasteiger partial charge in [0.2, 0.25) is 0 Å². The van der Waals surface area contributed by atoms with Crippen molar-refractivity contribution in [1.82, 2.24) is 5.32 Å². The molecule has 0 bridgehead atoms. The first-order chi connectivity index (χ1) is 11.0. The molecule has 2 amide bonds. The minimum atomic E-state index is -1.34. The minimum Gasteiger partial charge on any atom is -0.479 e. The summed E-state index contributed by atoms with van der Waals surface area (Å²) < 4.78 is 0. The predicted molar refractivity (Wildman–Crippen MR) is 99.7 cm³/mol. The van der Waals surface area contributed by atoms with Gasteiger partial charge in [0.25, 0.3) is 0 Å². The van der Waals surface area contributed by atoms with Crippen molar-refractivity contribution in [3.8, 4) is 0 Å². The van der Waals surface area contributed by atoms with Gasteiger partial charge in [0.15, 0.2) is 0 Å². The molecular formula is C18H28N2O3S. The van der Waals surface area contributed by atoms with E-state index in [0.29, 0.717) is 12.1 Å². The molecule has 134 valence electrons. The second kappa shape index (κ2) is 7.92. The molecule has 3 N–H and O–H groups in total. The first-order valence-corrected chi connectivity index (χ1v) is 9.21. The average molecular weight is 353 g/mol. The van der Waals surface area contributed by atoms with Crippen LogP contribution in [0.25, 0.3) is 0 Å². The van der Waals surface area contributed by atoms with E-state index >= 15 is 0 Å². The number of benzene rings is 1. The van der Waals surface area contributed by atoms with Crippen molar-refractivity contribution >= 4 is 29.4 Å². The maximum atomic E-state index is 12.4.